The summed E-state index contributed by atoms with van der Waals surface area (Å²) in [6.07, 6.45) is 104. The van der Waals surface area contributed by atoms with E-state index in [1.54, 1.807) is 44.6 Å². The summed E-state index contributed by atoms with van der Waals surface area (Å²) in [5.74, 6) is 15.4. The summed E-state index contributed by atoms with van der Waals surface area (Å²) < 4.78 is 0. The van der Waals surface area contributed by atoms with Crippen LogP contribution in [0.4, 0.5) is 0 Å². The zero-order valence-corrected chi connectivity index (χ0v) is 73.5. The van der Waals surface area contributed by atoms with Crippen molar-refractivity contribution in [2.24, 2.45) is 138 Å². The molecule has 0 amide bonds. The number of hydrogen-bond acceptors (Lipinski definition) is 0. The van der Waals surface area contributed by atoms with Gasteiger partial charge in [0.25, 0.3) is 0 Å². The second-order valence-corrected chi connectivity index (χ2v) is 44.9. The maximum atomic E-state index is 2.80. The smallest absolute Gasteiger partial charge is 0.00441 e. The predicted octanol–water partition coefficient (Wildman–Crippen LogP) is 33.4. The van der Waals surface area contributed by atoms with Gasteiger partial charge in [-0.15, -0.1) is 0 Å². The molecular weight excluding hydrogens is 1300 g/mol. The first kappa shape index (κ1) is 81.1. The van der Waals surface area contributed by atoms with E-state index in [1.165, 1.54) is 360 Å². The van der Waals surface area contributed by atoms with Crippen LogP contribution < -0.4 is 0 Å². The van der Waals surface area contributed by atoms with Crippen LogP contribution >= 0.6 is 0 Å². The van der Waals surface area contributed by atoms with E-state index in [0.717, 1.165) is 94.7 Å². The number of hydrogen-bond donors (Lipinski definition) is 0. The largest absolute Gasteiger partial charge is 0.0804 e. The van der Waals surface area contributed by atoms with Gasteiger partial charge in [0, 0.05) is 0 Å². The summed E-state index contributed by atoms with van der Waals surface area (Å²) in [4.78, 5) is 0. The Morgan fingerprint density at radius 3 is 0.648 bits per heavy atom. The quantitative estimate of drug-likeness (QED) is 0.0629. The van der Waals surface area contributed by atoms with Crippen molar-refractivity contribution in [2.75, 3.05) is 0 Å². The third kappa shape index (κ3) is 15.1. The first-order valence-corrected chi connectivity index (χ1v) is 50.0. The van der Waals surface area contributed by atoms with Crippen LogP contribution in [0, 0.1) is 138 Å². The summed E-state index contributed by atoms with van der Waals surface area (Å²) in [6.45, 7) is 31.3. The average Bonchev–Trinajstić information content (AvgIpc) is 0.909. The van der Waals surface area contributed by atoms with Gasteiger partial charge in [-0.2, -0.15) is 0 Å². The van der Waals surface area contributed by atoms with Crippen LogP contribution in [0.5, 0.6) is 0 Å². The Balaban J connectivity index is 0.000000172. The van der Waals surface area contributed by atoms with Crippen LogP contribution in [-0.2, 0) is 0 Å². The fourth-order valence-corrected chi connectivity index (χ4v) is 33.3. The van der Waals surface area contributed by atoms with Crippen LogP contribution in [0.2, 0.25) is 0 Å². The molecule has 0 nitrogen and oxygen atoms in total. The van der Waals surface area contributed by atoms with Crippen molar-refractivity contribution in [3.8, 4) is 0 Å². The molecule has 0 spiro atoms. The van der Waals surface area contributed by atoms with E-state index < -0.39 is 0 Å². The van der Waals surface area contributed by atoms with Gasteiger partial charge in [0.05, 0.1) is 0 Å². The fraction of sp³-hybridized carbons (Fsp3) is 0.852. The van der Waals surface area contributed by atoms with E-state index in [2.05, 4.69) is 132 Å². The molecule has 16 aliphatic rings. The summed E-state index contributed by atoms with van der Waals surface area (Å²) in [5, 5.41) is 0. The third-order valence-corrected chi connectivity index (χ3v) is 40.3. The van der Waals surface area contributed by atoms with Crippen LogP contribution in [0.1, 0.15) is 443 Å². The van der Waals surface area contributed by atoms with Crippen LogP contribution in [-0.4, -0.2) is 0 Å². The lowest BCUT2D eigenvalue weighted by Gasteiger charge is -2.58. The third-order valence-electron chi connectivity index (χ3n) is 40.3. The predicted molar refractivity (Wildman–Crippen MR) is 467 cm³/mol. The molecule has 604 valence electrons. The lowest BCUT2D eigenvalue weighted by atomic mass is 9.47. The topological polar surface area (TPSA) is 0 Å². The van der Waals surface area contributed by atoms with Gasteiger partial charge in [0.1, 0.15) is 0 Å². The fourth-order valence-electron chi connectivity index (χ4n) is 33.3. The minimum absolute atomic E-state index is 0.412. The Labute approximate surface area is 669 Å². The Bertz CT molecular complexity index is 2870. The molecule has 0 aliphatic heterocycles. The molecule has 0 heteroatoms. The molecule has 0 aromatic carbocycles. The summed E-state index contributed by atoms with van der Waals surface area (Å²) >= 11 is 0. The zero-order chi connectivity index (χ0) is 75.1. The SMILES string of the molecule is CCCCCCCC[C@H]1CCC2C3CC=C4C=C(C5=CC6=CCC7C(CC[C@@]8(C)C7CC[C@@H]8CCCCCCCC)[C@@]6(C)CC5)CC[C@]4(C)C3CC[C@@]21C.CCCCCCCC[C@H]1CCC2C3CC=C4C=C(C5=CC6=CCC7C(CC[C@@]8(C)C7CC[C@@H]8CCCCCCCC)[C@@]6(C)CC5)CC[C@]4(C)C3CC[C@@]21C. The average molecular weight is 1470 g/mol. The van der Waals surface area contributed by atoms with Gasteiger partial charge in [-0.3, -0.25) is 0 Å². The van der Waals surface area contributed by atoms with E-state index in [9.17, 15) is 0 Å². The molecule has 108 heavy (non-hydrogen) atoms. The van der Waals surface area contributed by atoms with Crippen molar-refractivity contribution in [1.82, 2.24) is 0 Å². The van der Waals surface area contributed by atoms with E-state index in [1.807, 2.05) is 0 Å². The lowest BCUT2D eigenvalue weighted by Crippen LogP contribution is -2.49. The highest BCUT2D eigenvalue weighted by molar-refractivity contribution is 5.52. The van der Waals surface area contributed by atoms with Crippen molar-refractivity contribution in [1.29, 1.82) is 0 Å². The maximum absolute atomic E-state index is 2.80. The highest BCUT2D eigenvalue weighted by atomic mass is 14.7. The lowest BCUT2D eigenvalue weighted by molar-refractivity contribution is -0.0380. The van der Waals surface area contributed by atoms with E-state index in [4.69, 9.17) is 0 Å². The van der Waals surface area contributed by atoms with Crippen molar-refractivity contribution >= 4 is 0 Å². The summed E-state index contributed by atoms with van der Waals surface area (Å²) in [5.41, 5.74) is 18.1. The Hall–Kier alpha value is -2.08. The number of allylic oxidation sites excluding steroid dienone is 16. The number of unbranched alkanes of at least 4 members (excludes halogenated alkanes) is 20. The van der Waals surface area contributed by atoms with E-state index >= 15 is 0 Å². The van der Waals surface area contributed by atoms with Gasteiger partial charge in [-0.25, -0.2) is 0 Å². The molecule has 0 radical (unpaired) electrons. The minimum atomic E-state index is 0.412. The van der Waals surface area contributed by atoms with Crippen LogP contribution in [0.15, 0.2) is 93.2 Å². The Morgan fingerprint density at radius 2 is 0.435 bits per heavy atom. The van der Waals surface area contributed by atoms with Crippen molar-refractivity contribution in [3.05, 3.63) is 93.2 Å². The molecule has 0 N–H and O–H groups in total. The van der Waals surface area contributed by atoms with Gasteiger partial charge < -0.3 is 0 Å². The monoisotopic (exact) mass is 1470 g/mol. The molecule has 0 saturated heterocycles. The first-order valence-electron chi connectivity index (χ1n) is 50.0. The second kappa shape index (κ2) is 34.2. The van der Waals surface area contributed by atoms with Gasteiger partial charge >= 0.3 is 0 Å². The van der Waals surface area contributed by atoms with Gasteiger partial charge in [0.2, 0.25) is 0 Å². The standard InChI is InChI=1S/2C54H86/c2*1-7-9-11-13-15-17-19-41-23-27-47-45-25-21-43-37-39(29-33-53(43,5)49(45)31-35-51(41,47)3)40-30-34-54(6)44(38-40)22-26-46-48-28-24-42(20-18-16-14-12-10-8-2)52(48,4)36-32-50(46)54/h2*21-22,37-38,41-42,45-50H,7-20,23-36H2,1-6H3/t2*41-,42-,45?,46?,47?,48?,49?,50?,51+,52+,53-,54-/m00/s1. The van der Waals surface area contributed by atoms with Crippen LogP contribution in [0.25, 0.3) is 0 Å². The second-order valence-electron chi connectivity index (χ2n) is 44.9. The molecule has 24 atom stereocenters. The highest BCUT2D eigenvalue weighted by Crippen LogP contribution is 2.73. The summed E-state index contributed by atoms with van der Waals surface area (Å²) in [7, 11) is 0. The molecule has 0 aromatic heterocycles. The van der Waals surface area contributed by atoms with Gasteiger partial charge in [0.15, 0.2) is 0 Å². The normalized spacial score (nSPS) is 43.7. The van der Waals surface area contributed by atoms with Gasteiger partial charge in [-0.1, -0.05) is 286 Å². The van der Waals surface area contributed by atoms with Crippen molar-refractivity contribution < 1.29 is 0 Å². The zero-order valence-electron chi connectivity index (χ0n) is 73.5. The Morgan fingerprint density at radius 1 is 0.231 bits per heavy atom. The first-order chi connectivity index (χ1) is 52.3. The minimum Gasteiger partial charge on any atom is -0.0804 e. The van der Waals surface area contributed by atoms with Crippen LogP contribution in [0.3, 0.4) is 0 Å². The summed E-state index contributed by atoms with van der Waals surface area (Å²) in [6, 6.07) is 0. The molecule has 8 fully saturated rings. The molecule has 0 bridgehead atoms. The number of fused-ring (bicyclic) bond motifs is 20. The van der Waals surface area contributed by atoms with E-state index in [0.29, 0.717) is 43.3 Å². The molecule has 16 aliphatic carbocycles. The number of rotatable bonds is 30. The van der Waals surface area contributed by atoms with E-state index in [-0.39, 0.29) is 0 Å². The van der Waals surface area contributed by atoms with Crippen molar-refractivity contribution in [3.63, 3.8) is 0 Å². The highest BCUT2D eigenvalue weighted by Gasteiger charge is 2.63. The molecule has 16 rings (SSSR count). The molecular formula is C108H172. The Kier molecular flexibility index (Phi) is 25.7. The van der Waals surface area contributed by atoms with Gasteiger partial charge in [-0.05, 0) is 388 Å². The molecule has 8 saturated carbocycles. The molecule has 0 heterocycles. The van der Waals surface area contributed by atoms with Crippen molar-refractivity contribution in [2.45, 2.75) is 443 Å². The maximum Gasteiger partial charge on any atom is -0.00441 e. The molecule has 12 unspecified atom stereocenters. The molecule has 0 aromatic rings.